The molecule has 4 nitrogen and oxygen atoms in total. The summed E-state index contributed by atoms with van der Waals surface area (Å²) in [6, 6.07) is 5.90. The van der Waals surface area contributed by atoms with E-state index in [0.717, 1.165) is 31.0 Å². The molecule has 2 aromatic carbocycles. The zero-order valence-electron chi connectivity index (χ0n) is 16.3. The molecule has 2 aromatic heterocycles. The van der Waals surface area contributed by atoms with Crippen LogP contribution in [0.3, 0.4) is 0 Å². The first-order chi connectivity index (χ1) is 14.6. The summed E-state index contributed by atoms with van der Waals surface area (Å²) in [5, 5.41) is 2.93. The number of rotatable bonds is 7. The lowest BCUT2D eigenvalue weighted by molar-refractivity contribution is 0.623. The van der Waals surface area contributed by atoms with Crippen LogP contribution < -0.4 is 10.4 Å². The van der Waals surface area contributed by atoms with Gasteiger partial charge in [-0.05, 0) is 60.4 Å². The van der Waals surface area contributed by atoms with Crippen molar-refractivity contribution in [3.05, 3.63) is 21.1 Å². The van der Waals surface area contributed by atoms with Crippen molar-refractivity contribution in [2.75, 3.05) is 0 Å². The van der Waals surface area contributed by atoms with E-state index in [2.05, 4.69) is 81.5 Å². The van der Waals surface area contributed by atoms with E-state index in [1.165, 1.54) is 89.5 Å². The molecule has 0 bridgehead atoms. The molecule has 0 fully saturated rings. The molecule has 0 saturated heterocycles. The summed E-state index contributed by atoms with van der Waals surface area (Å²) in [4.78, 5) is 0. The quantitative estimate of drug-likeness (QED) is 0.0901. The van der Waals surface area contributed by atoms with Crippen molar-refractivity contribution in [2.45, 2.75) is 51.5 Å². The van der Waals surface area contributed by atoms with Gasteiger partial charge in [-0.15, -0.1) is 21.8 Å². The van der Waals surface area contributed by atoms with Gasteiger partial charge in [-0.25, -0.2) is 0 Å². The summed E-state index contributed by atoms with van der Waals surface area (Å²) in [5.41, 5.74) is 4.49. The molecular formula is C20H19Br2IN4S2Si. The third-order valence-corrected chi connectivity index (χ3v) is 16.9. The largest absolute Gasteiger partial charge is 0.187 e. The Morgan fingerprint density at radius 1 is 0.767 bits per heavy atom. The van der Waals surface area contributed by atoms with Gasteiger partial charge in [0.05, 0.1) is 23.5 Å². The molecule has 0 N–H and O–H groups in total. The molecule has 0 saturated carbocycles. The van der Waals surface area contributed by atoms with Crippen LogP contribution in [0.1, 0.15) is 45.4 Å². The molecule has 0 atom stereocenters. The number of hydrogen-bond acceptors (Lipinski definition) is 6. The van der Waals surface area contributed by atoms with Gasteiger partial charge < -0.3 is 0 Å². The molecule has 4 aromatic rings. The van der Waals surface area contributed by atoms with Gasteiger partial charge in [0.15, 0.2) is 5.57 Å². The van der Waals surface area contributed by atoms with Crippen LogP contribution in [-0.4, -0.2) is 23.1 Å². The second kappa shape index (κ2) is 8.73. The first kappa shape index (κ1) is 21.8. The third-order valence-electron chi connectivity index (χ3n) is 5.96. The van der Waals surface area contributed by atoms with Crippen LogP contribution in [0.2, 0.25) is 6.04 Å². The summed E-state index contributed by atoms with van der Waals surface area (Å²) in [6.07, 6.45) is 7.92. The Morgan fingerprint density at radius 3 is 1.77 bits per heavy atom. The molecule has 0 aliphatic carbocycles. The number of fused-ring (bicyclic) bond motifs is 7. The minimum absolute atomic E-state index is 0.957. The summed E-state index contributed by atoms with van der Waals surface area (Å²) in [6.45, 7) is 2.27. The van der Waals surface area contributed by atoms with Crippen LogP contribution in [0.15, 0.2) is 21.1 Å². The van der Waals surface area contributed by atoms with Gasteiger partial charge in [0.1, 0.15) is 22.1 Å². The fourth-order valence-corrected chi connectivity index (χ4v) is 14.6. The van der Waals surface area contributed by atoms with Crippen molar-refractivity contribution < 1.29 is 0 Å². The van der Waals surface area contributed by atoms with Crippen molar-refractivity contribution in [3.8, 4) is 11.1 Å². The van der Waals surface area contributed by atoms with E-state index in [1.807, 2.05) is 0 Å². The molecular weight excluding hydrogens is 675 g/mol. The number of benzene rings is 2. The van der Waals surface area contributed by atoms with Crippen molar-refractivity contribution in [3.63, 3.8) is 0 Å². The van der Waals surface area contributed by atoms with Crippen LogP contribution in [0.25, 0.3) is 33.2 Å². The number of hydrogen-bond donors (Lipinski definition) is 0. The molecule has 0 amide bonds. The lowest BCUT2D eigenvalue weighted by atomic mass is 10.0. The Hall–Kier alpha value is -0.0131. The molecule has 0 spiro atoms. The molecule has 156 valence electrons. The van der Waals surface area contributed by atoms with Crippen molar-refractivity contribution >= 4 is 115 Å². The van der Waals surface area contributed by atoms with Gasteiger partial charge in [0, 0.05) is 20.1 Å². The molecule has 5 rings (SSSR count). The highest BCUT2D eigenvalue weighted by molar-refractivity contribution is 14.1. The molecule has 0 unspecified atom stereocenters. The van der Waals surface area contributed by atoms with E-state index in [-0.39, 0.29) is 0 Å². The third kappa shape index (κ3) is 3.44. The second-order valence-electron chi connectivity index (χ2n) is 7.80. The minimum atomic E-state index is -1.96. The number of nitrogens with zero attached hydrogens (tertiary/aromatic N) is 4. The van der Waals surface area contributed by atoms with Gasteiger partial charge >= 0.3 is 0 Å². The molecule has 30 heavy (non-hydrogen) atoms. The van der Waals surface area contributed by atoms with E-state index in [9.17, 15) is 0 Å². The monoisotopic (exact) mass is 692 g/mol. The lowest BCUT2D eigenvalue weighted by Gasteiger charge is -2.23. The zero-order chi connectivity index (χ0) is 20.9. The molecule has 1 aliphatic heterocycles. The van der Waals surface area contributed by atoms with Crippen LogP contribution >= 0.6 is 77.1 Å². The normalized spacial score (nSPS) is 14.5. The van der Waals surface area contributed by atoms with Crippen LogP contribution in [0.5, 0.6) is 0 Å². The predicted octanol–water partition coefficient (Wildman–Crippen LogP) is 7.06. The van der Waals surface area contributed by atoms with Gasteiger partial charge in [-0.3, -0.25) is 0 Å². The summed E-state index contributed by atoms with van der Waals surface area (Å²) in [5.74, 6) is 0. The fraction of sp³-hybridized carbons (Fsp3) is 0.400. The molecule has 1 aliphatic rings. The first-order valence-corrected chi connectivity index (χ1v) is 18.5. The van der Waals surface area contributed by atoms with Crippen molar-refractivity contribution in [1.29, 1.82) is 0 Å². The highest BCUT2D eigenvalue weighted by Gasteiger charge is 2.46. The Labute approximate surface area is 214 Å². The Bertz CT molecular complexity index is 1170. The van der Waals surface area contributed by atoms with E-state index in [4.69, 9.17) is 8.75 Å². The van der Waals surface area contributed by atoms with Gasteiger partial charge in [0.25, 0.3) is 0 Å². The molecule has 3 heterocycles. The Balaban J connectivity index is 1.67. The molecule has 10 heteroatoms. The smallest absolute Gasteiger partial charge is 0.172 e. The summed E-state index contributed by atoms with van der Waals surface area (Å²) in [7, 11) is 0. The van der Waals surface area contributed by atoms with Gasteiger partial charge in [0.2, 0.25) is 0 Å². The van der Waals surface area contributed by atoms with E-state index in [0.29, 0.717) is 0 Å². The Morgan fingerprint density at radius 2 is 1.23 bits per heavy atom. The fourth-order valence-electron chi connectivity index (χ4n) is 4.50. The van der Waals surface area contributed by atoms with Crippen LogP contribution in [-0.2, 0) is 0 Å². The average molecular weight is 694 g/mol. The number of unbranched alkanes of at least 4 members (excludes halogenated alkanes) is 5. The van der Waals surface area contributed by atoms with Crippen LogP contribution in [0, 0.1) is 0 Å². The highest BCUT2D eigenvalue weighted by atomic mass is 127. The average Bonchev–Trinajstić information content (AvgIpc) is 3.44. The van der Waals surface area contributed by atoms with E-state index >= 15 is 0 Å². The van der Waals surface area contributed by atoms with Gasteiger partial charge in [-0.1, -0.05) is 45.4 Å². The van der Waals surface area contributed by atoms with Crippen molar-refractivity contribution in [2.24, 2.45) is 0 Å². The van der Waals surface area contributed by atoms with Crippen LogP contribution in [0.4, 0.5) is 0 Å². The van der Waals surface area contributed by atoms with E-state index < -0.39 is 5.57 Å². The highest BCUT2D eigenvalue weighted by Crippen LogP contribution is 2.44. The SMILES string of the molecule is CCCCCCCC[Si]1(I)c2cc(Br)c3nsnc3c2-c2c1cc(Br)c1nsnc21. The number of halogens is 3. The lowest BCUT2D eigenvalue weighted by Crippen LogP contribution is -2.49. The maximum absolute atomic E-state index is 4.72. The van der Waals surface area contributed by atoms with Gasteiger partial charge in [-0.2, -0.15) is 17.5 Å². The topological polar surface area (TPSA) is 51.6 Å². The zero-order valence-corrected chi connectivity index (χ0v) is 24.3. The second-order valence-corrected chi connectivity index (χ2v) is 19.3. The number of aromatic nitrogens is 4. The maximum atomic E-state index is 4.72. The summed E-state index contributed by atoms with van der Waals surface area (Å²) >= 11 is 13.0. The first-order valence-electron chi connectivity index (χ1n) is 10.2. The minimum Gasteiger partial charge on any atom is -0.172 e. The van der Waals surface area contributed by atoms with E-state index in [1.54, 1.807) is 0 Å². The maximum Gasteiger partial charge on any atom is 0.187 e. The standard InChI is InChI=1S/C20H19Br2IN4S2Si/c1-2-3-4-5-6-7-8-30(23)13-9-11(21)17-19(26-28-24-17)15(13)16-14(30)10-12(22)18-20(16)27-29-25-18/h9-10H,2-8H2,1H3. The molecule has 0 radical (unpaired) electrons. The Kier molecular flexibility index (Phi) is 6.35. The van der Waals surface area contributed by atoms with Crippen molar-refractivity contribution in [1.82, 2.24) is 17.5 Å². The predicted molar refractivity (Wildman–Crippen MR) is 146 cm³/mol. The summed E-state index contributed by atoms with van der Waals surface area (Å²) < 4.78 is 20.7.